The second-order valence-electron chi connectivity index (χ2n) is 4.37. The van der Waals surface area contributed by atoms with Crippen molar-refractivity contribution in [3.8, 4) is 0 Å². The monoisotopic (exact) mass is 420 g/mol. The third-order valence-corrected chi connectivity index (χ3v) is 0. The smallest absolute Gasteiger partial charge is 0.0483 e. The maximum absolute atomic E-state index is 8.06. The molecule has 0 saturated carbocycles. The van der Waals surface area contributed by atoms with E-state index in [2.05, 4.69) is 0 Å². The van der Waals surface area contributed by atoms with E-state index in [1.165, 1.54) is 0 Å². The van der Waals surface area contributed by atoms with Crippen molar-refractivity contribution >= 4 is 0 Å². The zero-order valence-electron chi connectivity index (χ0n) is 12.6. The van der Waals surface area contributed by atoms with Gasteiger partial charge in [-0.1, -0.05) is 0 Å². The van der Waals surface area contributed by atoms with Gasteiger partial charge in [-0.2, -0.15) is 0 Å². The summed E-state index contributed by atoms with van der Waals surface area (Å²) < 4.78 is 0. The molecule has 0 aromatic carbocycles. The van der Waals surface area contributed by atoms with Crippen molar-refractivity contribution < 1.29 is 46.3 Å². The van der Waals surface area contributed by atoms with Gasteiger partial charge in [0.2, 0.25) is 0 Å². The minimum Gasteiger partial charge on any atom is -0.394 e. The predicted molar refractivity (Wildman–Crippen MR) is 69.4 cm³/mol. The Bertz CT molecular complexity index is 61.5. The van der Waals surface area contributed by atoms with E-state index in [9.17, 15) is 0 Å². The molecule has 0 spiro atoms. The Kier molecular flexibility index (Phi) is 46.0. The summed E-state index contributed by atoms with van der Waals surface area (Å²) in [6, 6.07) is 0. The van der Waals surface area contributed by atoms with Gasteiger partial charge in [-0.3, -0.25) is 0 Å². The zero-order chi connectivity index (χ0) is 14.3. The van der Waals surface area contributed by atoms with Crippen molar-refractivity contribution in [3.05, 3.63) is 0 Å². The van der Waals surface area contributed by atoms with Crippen LogP contribution in [0.5, 0.6) is 0 Å². The van der Waals surface area contributed by atoms with Crippen molar-refractivity contribution in [3.63, 3.8) is 0 Å². The Morgan fingerprint density at radius 3 is 0.412 bits per heavy atom. The van der Waals surface area contributed by atoms with Gasteiger partial charge in [0.25, 0.3) is 0 Å². The SMILES string of the molecule is CC(C)O.CC(C)O.CC(C)O.CC(C)O.[Hf]. The molecule has 0 radical (unpaired) electrons. The maximum Gasteiger partial charge on any atom is 0.0483 e. The summed E-state index contributed by atoms with van der Waals surface area (Å²) in [4.78, 5) is 0. The van der Waals surface area contributed by atoms with Crippen LogP contribution in [0.3, 0.4) is 0 Å². The topological polar surface area (TPSA) is 80.9 Å². The van der Waals surface area contributed by atoms with Gasteiger partial charge in [0.15, 0.2) is 0 Å². The summed E-state index contributed by atoms with van der Waals surface area (Å²) in [7, 11) is 0. The van der Waals surface area contributed by atoms with Crippen LogP contribution in [0, 0.1) is 0 Å². The van der Waals surface area contributed by atoms with E-state index >= 15 is 0 Å². The third kappa shape index (κ3) is 7170. The molecule has 0 atom stereocenters. The summed E-state index contributed by atoms with van der Waals surface area (Å²) in [5, 5.41) is 32.2. The van der Waals surface area contributed by atoms with Crippen LogP contribution in [0.15, 0.2) is 0 Å². The minimum atomic E-state index is -0.167. The van der Waals surface area contributed by atoms with E-state index in [4.69, 9.17) is 20.4 Å². The summed E-state index contributed by atoms with van der Waals surface area (Å²) in [6.45, 7) is 13.8. The Balaban J connectivity index is -0.0000000369. The number of aliphatic hydroxyl groups excluding tert-OH is 4. The predicted octanol–water partition coefficient (Wildman–Crippen LogP) is 1.55. The average molecular weight is 419 g/mol. The molecule has 0 heterocycles. The van der Waals surface area contributed by atoms with Gasteiger partial charge in [-0.25, -0.2) is 0 Å². The fraction of sp³-hybridized carbons (Fsp3) is 1.00. The summed E-state index contributed by atoms with van der Waals surface area (Å²) in [5.74, 6) is 0. The molecule has 0 rings (SSSR count). The molecule has 0 saturated heterocycles. The van der Waals surface area contributed by atoms with E-state index in [0.29, 0.717) is 0 Å². The molecule has 0 fully saturated rings. The molecule has 0 amide bonds. The molecule has 4 nitrogen and oxygen atoms in total. The van der Waals surface area contributed by atoms with Crippen molar-refractivity contribution in [1.82, 2.24) is 0 Å². The van der Waals surface area contributed by atoms with Crippen LogP contribution in [-0.4, -0.2) is 44.8 Å². The van der Waals surface area contributed by atoms with Gasteiger partial charge in [-0.05, 0) is 55.4 Å². The Morgan fingerprint density at radius 2 is 0.412 bits per heavy atom. The molecule has 0 aliphatic heterocycles. The Hall–Kier alpha value is 0.710. The van der Waals surface area contributed by atoms with Gasteiger partial charge in [-0.15, -0.1) is 0 Å². The molecule has 0 bridgehead atoms. The van der Waals surface area contributed by atoms with Crippen molar-refractivity contribution in [1.29, 1.82) is 0 Å². The first-order valence-electron chi connectivity index (χ1n) is 5.65. The first-order chi connectivity index (χ1) is 6.93. The van der Waals surface area contributed by atoms with E-state index in [1.54, 1.807) is 55.4 Å². The molecule has 0 aliphatic carbocycles. The molecular weight excluding hydrogens is 387 g/mol. The summed E-state index contributed by atoms with van der Waals surface area (Å²) >= 11 is 0. The molecule has 0 aromatic rings. The Labute approximate surface area is 126 Å². The average Bonchev–Trinajstić information content (AvgIpc) is 1.76. The molecule has 0 aliphatic rings. The summed E-state index contributed by atoms with van der Waals surface area (Å²) in [6.07, 6.45) is -0.667. The number of hydrogen-bond donors (Lipinski definition) is 4. The van der Waals surface area contributed by atoms with Gasteiger partial charge >= 0.3 is 0 Å². The number of hydrogen-bond acceptors (Lipinski definition) is 4. The molecular formula is C12H32HfO4. The van der Waals surface area contributed by atoms with E-state index in [-0.39, 0.29) is 50.3 Å². The van der Waals surface area contributed by atoms with Crippen LogP contribution in [0.4, 0.5) is 0 Å². The normalized spacial score (nSPS) is 8.47. The second kappa shape index (κ2) is 25.5. The first kappa shape index (κ1) is 30.6. The molecule has 108 valence electrons. The van der Waals surface area contributed by atoms with Crippen LogP contribution < -0.4 is 0 Å². The van der Waals surface area contributed by atoms with Crippen LogP contribution in [0.1, 0.15) is 55.4 Å². The number of aliphatic hydroxyl groups is 4. The van der Waals surface area contributed by atoms with Crippen LogP contribution in [0.25, 0.3) is 0 Å². The first-order valence-corrected chi connectivity index (χ1v) is 5.65. The van der Waals surface area contributed by atoms with Crippen molar-refractivity contribution in [2.24, 2.45) is 0 Å². The molecule has 17 heavy (non-hydrogen) atoms. The fourth-order valence-corrected chi connectivity index (χ4v) is 0. The van der Waals surface area contributed by atoms with Gasteiger partial charge in [0, 0.05) is 50.3 Å². The summed E-state index contributed by atoms with van der Waals surface area (Å²) in [5.41, 5.74) is 0. The Morgan fingerprint density at radius 1 is 0.412 bits per heavy atom. The van der Waals surface area contributed by atoms with Gasteiger partial charge < -0.3 is 20.4 Å². The van der Waals surface area contributed by atoms with Crippen molar-refractivity contribution in [2.75, 3.05) is 0 Å². The minimum absolute atomic E-state index is 0. The van der Waals surface area contributed by atoms with Gasteiger partial charge in [0.05, 0.1) is 0 Å². The molecule has 4 N–H and O–H groups in total. The largest absolute Gasteiger partial charge is 0.394 e. The van der Waals surface area contributed by atoms with Gasteiger partial charge in [0.1, 0.15) is 0 Å². The molecule has 5 heteroatoms. The number of rotatable bonds is 0. The standard InChI is InChI=1S/4C3H8O.Hf/c4*1-3(2)4;/h4*3-4H,1-2H3;. The third-order valence-electron chi connectivity index (χ3n) is 0. The molecule has 0 aromatic heterocycles. The van der Waals surface area contributed by atoms with Crippen LogP contribution in [-0.2, 0) is 25.8 Å². The van der Waals surface area contributed by atoms with Crippen molar-refractivity contribution in [2.45, 2.75) is 79.8 Å². The second-order valence-corrected chi connectivity index (χ2v) is 4.37. The maximum atomic E-state index is 8.06. The quantitative estimate of drug-likeness (QED) is 0.450. The van der Waals surface area contributed by atoms with E-state index in [1.807, 2.05) is 0 Å². The fourth-order valence-electron chi connectivity index (χ4n) is 0. The van der Waals surface area contributed by atoms with E-state index in [0.717, 1.165) is 0 Å². The zero-order valence-corrected chi connectivity index (χ0v) is 16.2. The van der Waals surface area contributed by atoms with E-state index < -0.39 is 0 Å². The van der Waals surface area contributed by atoms with Crippen LogP contribution in [0.2, 0.25) is 0 Å². The molecule has 0 unspecified atom stereocenters. The van der Waals surface area contributed by atoms with Crippen LogP contribution >= 0.6 is 0 Å².